The second-order valence-corrected chi connectivity index (χ2v) is 10.5. The fraction of sp³-hybridized carbons (Fsp3) is 0.364. The Kier molecular flexibility index (Phi) is 7.60. The number of thioether (sulfide) groups is 1. The molecule has 1 aliphatic carbocycles. The Labute approximate surface area is 204 Å². The average Bonchev–Trinajstić information content (AvgIpc) is 3.58. The number of halogens is 2. The monoisotopic (exact) mass is 527 g/mol. The molecule has 0 aromatic heterocycles. The molecule has 188 valence electrons. The SMILES string of the molecule is CON(C(=O)N1N=C(c2cc(F)ccc2F)SC1(CCCOP(=O)(O)O)c1ccccc1)C1CC1. The molecule has 1 unspecified atom stereocenters. The molecule has 4 rings (SSSR count). The van der Waals surface area contributed by atoms with Gasteiger partial charge in [0.15, 0.2) is 0 Å². The van der Waals surface area contributed by atoms with Gasteiger partial charge in [-0.3, -0.25) is 9.36 Å². The second kappa shape index (κ2) is 10.3. The third-order valence-corrected chi connectivity index (χ3v) is 7.51. The van der Waals surface area contributed by atoms with E-state index in [-0.39, 0.29) is 36.1 Å². The number of carbonyl (C=O) groups is 1. The molecule has 1 saturated carbocycles. The molecule has 0 saturated heterocycles. The van der Waals surface area contributed by atoms with Crippen molar-refractivity contribution in [2.24, 2.45) is 5.10 Å². The van der Waals surface area contributed by atoms with E-state index in [4.69, 9.17) is 14.6 Å². The van der Waals surface area contributed by atoms with Gasteiger partial charge in [0.2, 0.25) is 0 Å². The zero-order valence-electron chi connectivity index (χ0n) is 18.7. The summed E-state index contributed by atoms with van der Waals surface area (Å²) in [5.74, 6) is -1.36. The highest BCUT2D eigenvalue weighted by Crippen LogP contribution is 2.51. The van der Waals surface area contributed by atoms with E-state index in [1.54, 1.807) is 30.3 Å². The Morgan fingerprint density at radius 3 is 2.60 bits per heavy atom. The zero-order valence-corrected chi connectivity index (χ0v) is 20.4. The highest BCUT2D eigenvalue weighted by atomic mass is 32.2. The van der Waals surface area contributed by atoms with E-state index < -0.39 is 30.4 Å². The fourth-order valence-electron chi connectivity index (χ4n) is 3.82. The molecule has 1 heterocycles. The van der Waals surface area contributed by atoms with Gasteiger partial charge in [-0.2, -0.15) is 15.2 Å². The predicted molar refractivity (Wildman–Crippen MR) is 125 cm³/mol. The lowest BCUT2D eigenvalue weighted by Crippen LogP contribution is -2.48. The number of benzene rings is 2. The minimum atomic E-state index is -4.69. The summed E-state index contributed by atoms with van der Waals surface area (Å²) in [6.07, 6.45) is 1.77. The average molecular weight is 527 g/mol. The van der Waals surface area contributed by atoms with Crippen molar-refractivity contribution >= 4 is 30.7 Å². The molecule has 0 radical (unpaired) electrons. The van der Waals surface area contributed by atoms with Crippen molar-refractivity contribution in [2.75, 3.05) is 13.7 Å². The van der Waals surface area contributed by atoms with Crippen molar-refractivity contribution in [1.82, 2.24) is 10.1 Å². The van der Waals surface area contributed by atoms with E-state index in [0.717, 1.165) is 42.8 Å². The standard InChI is InChI=1S/C22H24F2N3O6PS/c1-32-26(17-9-10-17)21(28)27-22(15-6-3-2-4-7-15,12-5-13-33-34(29,30)31)35-20(25-27)18-14-16(23)8-11-19(18)24/h2-4,6-8,11,14,17H,5,9-10,12-13H2,1H3,(H2,29,30,31). The van der Waals surface area contributed by atoms with Gasteiger partial charge in [0.1, 0.15) is 21.5 Å². The molecule has 0 bridgehead atoms. The first kappa shape index (κ1) is 25.7. The third kappa shape index (κ3) is 5.74. The fourth-order valence-corrected chi connectivity index (χ4v) is 5.61. The van der Waals surface area contributed by atoms with Crippen LogP contribution >= 0.6 is 19.6 Å². The van der Waals surface area contributed by atoms with E-state index in [9.17, 15) is 18.1 Å². The zero-order chi connectivity index (χ0) is 25.2. The predicted octanol–water partition coefficient (Wildman–Crippen LogP) is 4.56. The molecule has 1 fully saturated rings. The van der Waals surface area contributed by atoms with Crippen LogP contribution in [0.5, 0.6) is 0 Å². The number of hydrogen-bond acceptors (Lipinski definition) is 6. The molecular weight excluding hydrogens is 503 g/mol. The van der Waals surface area contributed by atoms with E-state index in [0.29, 0.717) is 5.56 Å². The van der Waals surface area contributed by atoms with Crippen molar-refractivity contribution < 1.29 is 37.3 Å². The second-order valence-electron chi connectivity index (χ2n) is 8.04. The van der Waals surface area contributed by atoms with E-state index >= 15 is 0 Å². The lowest BCUT2D eigenvalue weighted by molar-refractivity contribution is -0.107. The van der Waals surface area contributed by atoms with Gasteiger partial charge in [0.25, 0.3) is 0 Å². The number of amides is 2. The Balaban J connectivity index is 1.77. The van der Waals surface area contributed by atoms with E-state index in [2.05, 4.69) is 9.63 Å². The molecule has 2 aromatic carbocycles. The molecule has 2 aromatic rings. The van der Waals surface area contributed by atoms with E-state index in [1.807, 2.05) is 0 Å². The summed E-state index contributed by atoms with van der Waals surface area (Å²) in [6, 6.07) is 11.1. The van der Waals surface area contributed by atoms with Crippen LogP contribution < -0.4 is 0 Å². The summed E-state index contributed by atoms with van der Waals surface area (Å²) in [4.78, 5) is 35.8. The van der Waals surface area contributed by atoms with Crippen LogP contribution in [-0.4, -0.2) is 50.7 Å². The maximum atomic E-state index is 14.7. The van der Waals surface area contributed by atoms with Crippen molar-refractivity contribution in [2.45, 2.75) is 36.6 Å². The number of urea groups is 1. The highest BCUT2D eigenvalue weighted by molar-refractivity contribution is 8.15. The quantitative estimate of drug-likeness (QED) is 0.279. The molecule has 35 heavy (non-hydrogen) atoms. The maximum Gasteiger partial charge on any atom is 0.469 e. The Morgan fingerprint density at radius 2 is 1.97 bits per heavy atom. The summed E-state index contributed by atoms with van der Waals surface area (Å²) in [5.41, 5.74) is 0.532. The van der Waals surface area contributed by atoms with Crippen LogP contribution in [0.2, 0.25) is 0 Å². The topological polar surface area (TPSA) is 112 Å². The third-order valence-electron chi connectivity index (χ3n) is 5.55. The van der Waals surface area contributed by atoms with Crippen LogP contribution in [0.15, 0.2) is 53.6 Å². The summed E-state index contributed by atoms with van der Waals surface area (Å²) in [7, 11) is -3.32. The normalized spacial score (nSPS) is 20.1. The Bertz CT molecular complexity index is 1160. The molecule has 1 atom stereocenters. The van der Waals surface area contributed by atoms with Crippen molar-refractivity contribution in [3.8, 4) is 0 Å². The number of hydrogen-bond donors (Lipinski definition) is 2. The van der Waals surface area contributed by atoms with Gasteiger partial charge >= 0.3 is 13.9 Å². The maximum absolute atomic E-state index is 14.7. The first-order chi connectivity index (χ1) is 16.6. The molecule has 1 aliphatic heterocycles. The number of hydroxylamine groups is 2. The van der Waals surface area contributed by atoms with Crippen LogP contribution in [0.25, 0.3) is 0 Å². The summed E-state index contributed by atoms with van der Waals surface area (Å²) >= 11 is 1.06. The molecule has 2 aliphatic rings. The molecule has 13 heteroatoms. The lowest BCUT2D eigenvalue weighted by Gasteiger charge is -2.37. The first-order valence-corrected chi connectivity index (χ1v) is 13.2. The van der Waals surface area contributed by atoms with E-state index in [1.165, 1.54) is 17.2 Å². The van der Waals surface area contributed by atoms with Gasteiger partial charge in [-0.15, -0.1) is 0 Å². The molecule has 2 amide bonds. The number of nitrogens with zero attached hydrogens (tertiary/aromatic N) is 3. The van der Waals surface area contributed by atoms with Crippen molar-refractivity contribution in [1.29, 1.82) is 0 Å². The van der Waals surface area contributed by atoms with Gasteiger partial charge in [0, 0.05) is 5.56 Å². The molecule has 2 N–H and O–H groups in total. The molecule has 0 spiro atoms. The number of hydrazone groups is 1. The van der Waals surface area contributed by atoms with Gasteiger partial charge in [-0.25, -0.2) is 18.1 Å². The minimum Gasteiger partial charge on any atom is -0.303 e. The Hall–Kier alpha value is -2.34. The van der Waals surface area contributed by atoms with Gasteiger partial charge in [-0.1, -0.05) is 42.1 Å². The summed E-state index contributed by atoms with van der Waals surface area (Å²) in [5, 5.41) is 6.92. The minimum absolute atomic E-state index is 0.0851. The summed E-state index contributed by atoms with van der Waals surface area (Å²) < 4.78 is 44.4. The van der Waals surface area contributed by atoms with Crippen molar-refractivity contribution in [3.63, 3.8) is 0 Å². The Morgan fingerprint density at radius 1 is 1.26 bits per heavy atom. The number of phosphoric ester groups is 1. The molecule has 9 nitrogen and oxygen atoms in total. The van der Waals surface area contributed by atoms with Gasteiger partial charge in [0.05, 0.1) is 19.8 Å². The molecular formula is C22H24F2N3O6PS. The van der Waals surface area contributed by atoms with Crippen molar-refractivity contribution in [3.05, 3.63) is 71.3 Å². The summed E-state index contributed by atoms with van der Waals surface area (Å²) in [6.45, 7) is -0.290. The van der Waals surface area contributed by atoms with Gasteiger partial charge in [-0.05, 0) is 49.4 Å². The lowest BCUT2D eigenvalue weighted by atomic mass is 10.0. The largest absolute Gasteiger partial charge is 0.469 e. The van der Waals surface area contributed by atoms with Crippen LogP contribution in [-0.2, 0) is 18.8 Å². The number of carbonyl (C=O) groups excluding carboxylic acids is 1. The van der Waals surface area contributed by atoms with Crippen LogP contribution in [0.1, 0.15) is 36.8 Å². The highest BCUT2D eigenvalue weighted by Gasteiger charge is 2.51. The van der Waals surface area contributed by atoms with Crippen LogP contribution in [0, 0.1) is 11.6 Å². The van der Waals surface area contributed by atoms with Crippen LogP contribution in [0.4, 0.5) is 13.6 Å². The van der Waals surface area contributed by atoms with Gasteiger partial charge < -0.3 is 9.79 Å². The first-order valence-electron chi connectivity index (χ1n) is 10.8. The van der Waals surface area contributed by atoms with Crippen LogP contribution in [0.3, 0.4) is 0 Å². The smallest absolute Gasteiger partial charge is 0.303 e. The number of phosphoric acid groups is 1. The number of rotatable bonds is 9.